The number of rotatable bonds is 7. The van der Waals surface area contributed by atoms with Crippen LogP contribution in [-0.2, 0) is 6.54 Å². The van der Waals surface area contributed by atoms with E-state index in [0.29, 0.717) is 23.6 Å². The van der Waals surface area contributed by atoms with E-state index in [-0.39, 0.29) is 11.7 Å². The number of hydrogen-bond acceptors (Lipinski definition) is 6. The molecule has 1 fully saturated rings. The van der Waals surface area contributed by atoms with Gasteiger partial charge in [0.25, 0.3) is 0 Å². The lowest BCUT2D eigenvalue weighted by molar-refractivity contribution is -0.274. The van der Waals surface area contributed by atoms with Crippen LogP contribution in [0.2, 0.25) is 0 Å². The Balaban J connectivity index is 1.26. The van der Waals surface area contributed by atoms with Crippen molar-refractivity contribution in [3.05, 3.63) is 72.4 Å². The van der Waals surface area contributed by atoms with Crippen LogP contribution in [0.25, 0.3) is 17.1 Å². The molecule has 3 aromatic heterocycles. The molecule has 0 amide bonds. The van der Waals surface area contributed by atoms with E-state index in [1.807, 2.05) is 43.8 Å². The highest BCUT2D eigenvalue weighted by Gasteiger charge is 2.31. The van der Waals surface area contributed by atoms with Gasteiger partial charge in [-0.2, -0.15) is 5.10 Å². The highest BCUT2D eigenvalue weighted by atomic mass is 19.4. The summed E-state index contributed by atoms with van der Waals surface area (Å²) in [7, 11) is 0. The molecule has 11 heteroatoms. The lowest BCUT2D eigenvalue weighted by Crippen LogP contribution is -2.42. The van der Waals surface area contributed by atoms with Crippen molar-refractivity contribution in [1.82, 2.24) is 24.3 Å². The fourth-order valence-electron chi connectivity index (χ4n) is 4.93. The summed E-state index contributed by atoms with van der Waals surface area (Å²) in [6.07, 6.45) is 2.32. The van der Waals surface area contributed by atoms with Crippen molar-refractivity contribution < 1.29 is 23.0 Å². The molecule has 1 aliphatic heterocycles. The van der Waals surface area contributed by atoms with Crippen LogP contribution in [-0.4, -0.2) is 54.5 Å². The van der Waals surface area contributed by atoms with Gasteiger partial charge in [-0.1, -0.05) is 0 Å². The number of piperidine rings is 1. The molecule has 0 atom stereocenters. The molecule has 206 valence electrons. The summed E-state index contributed by atoms with van der Waals surface area (Å²) in [4.78, 5) is 11.3. The van der Waals surface area contributed by atoms with Crippen LogP contribution in [0.3, 0.4) is 0 Å². The van der Waals surface area contributed by atoms with E-state index in [0.717, 1.165) is 43.0 Å². The van der Waals surface area contributed by atoms with E-state index in [9.17, 15) is 18.3 Å². The Morgan fingerprint density at radius 1 is 1.00 bits per heavy atom. The summed E-state index contributed by atoms with van der Waals surface area (Å²) in [6.45, 7) is 8.03. The predicted molar refractivity (Wildman–Crippen MR) is 141 cm³/mol. The molecule has 1 N–H and O–H groups in total. The number of imidazole rings is 1. The van der Waals surface area contributed by atoms with E-state index in [4.69, 9.17) is 5.10 Å². The minimum atomic E-state index is -4.73. The zero-order chi connectivity index (χ0) is 27.8. The van der Waals surface area contributed by atoms with Crippen LogP contribution >= 0.6 is 0 Å². The van der Waals surface area contributed by atoms with E-state index in [2.05, 4.69) is 25.7 Å². The summed E-state index contributed by atoms with van der Waals surface area (Å²) in [5.41, 5.74) is 3.38. The molecule has 4 aromatic rings. The first-order valence-electron chi connectivity index (χ1n) is 12.8. The number of anilines is 1. The molecular formula is C28H31F3N6O2. The van der Waals surface area contributed by atoms with Gasteiger partial charge >= 0.3 is 6.36 Å². The molecule has 0 bridgehead atoms. The van der Waals surface area contributed by atoms with Gasteiger partial charge in [0.05, 0.1) is 18.5 Å². The normalized spacial score (nSPS) is 15.1. The molecule has 0 unspecified atom stereocenters. The third-order valence-electron chi connectivity index (χ3n) is 7.15. The lowest BCUT2D eigenvalue weighted by atomic mass is 9.83. The number of aliphatic hydroxyl groups is 1. The van der Waals surface area contributed by atoms with E-state index >= 15 is 0 Å². The Labute approximate surface area is 224 Å². The lowest BCUT2D eigenvalue weighted by Gasteiger charge is -2.38. The van der Waals surface area contributed by atoms with Crippen LogP contribution in [0.5, 0.6) is 5.75 Å². The van der Waals surface area contributed by atoms with Crippen LogP contribution < -0.4 is 9.64 Å². The smallest absolute Gasteiger partial charge is 0.406 e. The van der Waals surface area contributed by atoms with Gasteiger partial charge < -0.3 is 19.3 Å². The van der Waals surface area contributed by atoms with E-state index in [1.54, 1.807) is 17.1 Å². The first kappa shape index (κ1) is 26.7. The molecule has 1 aliphatic rings. The highest BCUT2D eigenvalue weighted by molar-refractivity contribution is 5.55. The van der Waals surface area contributed by atoms with Gasteiger partial charge in [-0.15, -0.1) is 13.2 Å². The third kappa shape index (κ3) is 6.42. The standard InChI is InChI=1S/C28H31F3N6O2/c1-19-14-24(25-17-36(18-33-25)22-4-6-23(7-5-22)39-28(29,30)31)34-37(19)16-20-8-11-32-26(15-20)35-12-9-21(10-13-35)27(2,3)38/h4-8,11,14-15,17-18,21,38H,9-10,12-13,16H2,1-3H3. The number of nitrogens with zero attached hydrogens (tertiary/aromatic N) is 6. The van der Waals surface area contributed by atoms with Crippen LogP contribution in [0, 0.1) is 12.8 Å². The number of hydrogen-bond donors (Lipinski definition) is 1. The second-order valence-corrected chi connectivity index (χ2v) is 10.5. The molecule has 1 aromatic carbocycles. The number of halogens is 3. The number of benzene rings is 1. The van der Waals surface area contributed by atoms with Crippen molar-refractivity contribution in [3.8, 4) is 22.8 Å². The summed E-state index contributed by atoms with van der Waals surface area (Å²) in [6, 6.07) is 11.6. The van der Waals surface area contributed by atoms with E-state index < -0.39 is 12.0 Å². The molecule has 39 heavy (non-hydrogen) atoms. The Morgan fingerprint density at radius 2 is 1.72 bits per heavy atom. The molecule has 4 heterocycles. The fraction of sp³-hybridized carbons (Fsp3) is 0.393. The van der Waals surface area contributed by atoms with Gasteiger partial charge in [0.15, 0.2) is 0 Å². The molecule has 0 saturated carbocycles. The number of aryl methyl sites for hydroxylation is 1. The summed E-state index contributed by atoms with van der Waals surface area (Å²) >= 11 is 0. The zero-order valence-corrected chi connectivity index (χ0v) is 22.1. The van der Waals surface area contributed by atoms with Crippen molar-refractivity contribution in [3.63, 3.8) is 0 Å². The number of pyridine rings is 1. The zero-order valence-electron chi connectivity index (χ0n) is 22.1. The van der Waals surface area contributed by atoms with Gasteiger partial charge in [0.1, 0.15) is 23.0 Å². The van der Waals surface area contributed by atoms with E-state index in [1.165, 1.54) is 24.3 Å². The number of ether oxygens (including phenoxy) is 1. The van der Waals surface area contributed by atoms with Gasteiger partial charge in [-0.05, 0) is 87.6 Å². The quantitative estimate of drug-likeness (QED) is 0.339. The van der Waals surface area contributed by atoms with Crippen molar-refractivity contribution in [2.24, 2.45) is 5.92 Å². The summed E-state index contributed by atoms with van der Waals surface area (Å²) in [5, 5.41) is 15.1. The maximum Gasteiger partial charge on any atom is 0.573 e. The Hall–Kier alpha value is -3.86. The highest BCUT2D eigenvalue weighted by Crippen LogP contribution is 2.30. The van der Waals surface area contributed by atoms with Crippen molar-refractivity contribution in [2.45, 2.75) is 52.1 Å². The van der Waals surface area contributed by atoms with Gasteiger partial charge in [0.2, 0.25) is 0 Å². The largest absolute Gasteiger partial charge is 0.573 e. The minimum absolute atomic E-state index is 0.279. The van der Waals surface area contributed by atoms with Crippen molar-refractivity contribution in [2.75, 3.05) is 18.0 Å². The van der Waals surface area contributed by atoms with Gasteiger partial charge in [0, 0.05) is 36.9 Å². The first-order chi connectivity index (χ1) is 18.4. The van der Waals surface area contributed by atoms with Gasteiger partial charge in [-0.25, -0.2) is 9.97 Å². The van der Waals surface area contributed by atoms with Crippen LogP contribution in [0.1, 0.15) is 37.9 Å². The fourth-order valence-corrected chi connectivity index (χ4v) is 4.93. The molecular weight excluding hydrogens is 509 g/mol. The van der Waals surface area contributed by atoms with Crippen LogP contribution in [0.4, 0.5) is 19.0 Å². The predicted octanol–water partition coefficient (Wildman–Crippen LogP) is 5.37. The molecule has 5 rings (SSSR count). The van der Waals surface area contributed by atoms with Crippen molar-refractivity contribution >= 4 is 5.82 Å². The number of alkyl halides is 3. The average Bonchev–Trinajstić information content (AvgIpc) is 3.51. The maximum atomic E-state index is 12.4. The molecule has 0 radical (unpaired) electrons. The topological polar surface area (TPSA) is 81.2 Å². The Kier molecular flexibility index (Phi) is 7.11. The molecule has 0 spiro atoms. The SMILES string of the molecule is Cc1cc(-c2cn(-c3ccc(OC(F)(F)F)cc3)cn2)nn1Cc1ccnc(N2CCC(C(C)(C)O)CC2)c1. The van der Waals surface area contributed by atoms with Crippen molar-refractivity contribution in [1.29, 1.82) is 0 Å². The van der Waals surface area contributed by atoms with Gasteiger partial charge in [-0.3, -0.25) is 4.68 Å². The van der Waals surface area contributed by atoms with Crippen LogP contribution in [0.15, 0.2) is 61.2 Å². The average molecular weight is 541 g/mol. The second-order valence-electron chi connectivity index (χ2n) is 10.5. The number of aromatic nitrogens is 5. The minimum Gasteiger partial charge on any atom is -0.406 e. The second kappa shape index (κ2) is 10.4. The molecule has 1 saturated heterocycles. The summed E-state index contributed by atoms with van der Waals surface area (Å²) < 4.78 is 44.8. The molecule has 0 aliphatic carbocycles. The third-order valence-corrected chi connectivity index (χ3v) is 7.15. The monoisotopic (exact) mass is 540 g/mol. The maximum absolute atomic E-state index is 12.4. The first-order valence-corrected chi connectivity index (χ1v) is 12.8. The Morgan fingerprint density at radius 3 is 2.38 bits per heavy atom. The molecule has 8 nitrogen and oxygen atoms in total. The Bertz CT molecular complexity index is 1410. The summed E-state index contributed by atoms with van der Waals surface area (Å²) in [5.74, 6) is 0.934.